The third-order valence-corrected chi connectivity index (χ3v) is 4.38. The number of furan rings is 1. The normalized spacial score (nSPS) is 14.8. The van der Waals surface area contributed by atoms with E-state index in [9.17, 15) is 4.79 Å². The van der Waals surface area contributed by atoms with Crippen molar-refractivity contribution in [2.45, 2.75) is 6.92 Å². The number of aryl methyl sites for hydroxylation is 1. The van der Waals surface area contributed by atoms with Crippen LogP contribution in [-0.4, -0.2) is 5.78 Å². The maximum Gasteiger partial charge on any atom is 0.232 e. The highest BCUT2D eigenvalue weighted by Crippen LogP contribution is 2.33. The van der Waals surface area contributed by atoms with Gasteiger partial charge in [-0.3, -0.25) is 4.79 Å². The molecule has 0 fully saturated rings. The zero-order valence-electron chi connectivity index (χ0n) is 12.9. The van der Waals surface area contributed by atoms with Gasteiger partial charge in [0.05, 0.1) is 5.56 Å². The summed E-state index contributed by atoms with van der Waals surface area (Å²) >= 11 is 3.41. The Hall–Kier alpha value is -2.59. The fraction of sp³-hybridized carbons (Fsp3) is 0.0500. The first-order chi connectivity index (χ1) is 11.6. The van der Waals surface area contributed by atoms with Gasteiger partial charge in [0.25, 0.3) is 0 Å². The first kappa shape index (κ1) is 15.0. The lowest BCUT2D eigenvalue weighted by Gasteiger charge is -1.98. The Morgan fingerprint density at radius 2 is 1.79 bits per heavy atom. The van der Waals surface area contributed by atoms with Gasteiger partial charge in [-0.25, -0.2) is 0 Å². The van der Waals surface area contributed by atoms with E-state index in [-0.39, 0.29) is 11.5 Å². The molecule has 2 aromatic carbocycles. The van der Waals surface area contributed by atoms with Crippen molar-refractivity contribution < 1.29 is 13.9 Å². The van der Waals surface area contributed by atoms with E-state index >= 15 is 0 Å². The summed E-state index contributed by atoms with van der Waals surface area (Å²) < 4.78 is 12.5. The summed E-state index contributed by atoms with van der Waals surface area (Å²) in [6, 6.07) is 17.1. The maximum absolute atomic E-state index is 12.4. The summed E-state index contributed by atoms with van der Waals surface area (Å²) in [5, 5.41) is 0. The van der Waals surface area contributed by atoms with Crippen LogP contribution in [0.25, 0.3) is 17.4 Å². The van der Waals surface area contributed by atoms with Crippen LogP contribution >= 0.6 is 15.9 Å². The van der Waals surface area contributed by atoms with Crippen LogP contribution in [0.4, 0.5) is 0 Å². The van der Waals surface area contributed by atoms with Crippen molar-refractivity contribution in [1.82, 2.24) is 0 Å². The molecule has 0 unspecified atom stereocenters. The molecule has 0 saturated heterocycles. The van der Waals surface area contributed by atoms with Crippen LogP contribution in [0.15, 0.2) is 69.2 Å². The van der Waals surface area contributed by atoms with Gasteiger partial charge in [0.15, 0.2) is 5.76 Å². The number of ether oxygens (including phenoxy) is 1. The Bertz CT molecular complexity index is 965. The number of carbonyl (C=O) groups is 1. The Labute approximate surface area is 147 Å². The highest BCUT2D eigenvalue weighted by atomic mass is 79.9. The molecule has 0 bridgehead atoms. The average molecular weight is 381 g/mol. The van der Waals surface area contributed by atoms with Crippen molar-refractivity contribution in [3.63, 3.8) is 0 Å². The van der Waals surface area contributed by atoms with Crippen LogP contribution in [0.5, 0.6) is 5.75 Å². The SMILES string of the molecule is Cc1ccc2c(c1)C(=O)/C(=C/c1ccc(-c3ccc(Br)cc3)o1)O2. The number of benzene rings is 2. The van der Waals surface area contributed by atoms with Crippen molar-refractivity contribution in [3.05, 3.63) is 81.7 Å². The van der Waals surface area contributed by atoms with E-state index < -0.39 is 0 Å². The minimum Gasteiger partial charge on any atom is -0.457 e. The smallest absolute Gasteiger partial charge is 0.232 e. The Kier molecular flexibility index (Phi) is 3.62. The highest BCUT2D eigenvalue weighted by Gasteiger charge is 2.27. The fourth-order valence-corrected chi connectivity index (χ4v) is 2.90. The molecule has 0 aliphatic carbocycles. The van der Waals surface area contributed by atoms with Crippen molar-refractivity contribution in [1.29, 1.82) is 0 Å². The van der Waals surface area contributed by atoms with Crippen molar-refractivity contribution in [2.24, 2.45) is 0 Å². The fourth-order valence-electron chi connectivity index (χ4n) is 2.63. The molecule has 0 radical (unpaired) electrons. The first-order valence-electron chi connectivity index (χ1n) is 7.51. The number of carbonyl (C=O) groups excluding carboxylic acids is 1. The number of hydrogen-bond donors (Lipinski definition) is 0. The molecule has 4 heteroatoms. The molecule has 0 atom stereocenters. The topological polar surface area (TPSA) is 39.4 Å². The molecule has 1 aliphatic heterocycles. The van der Waals surface area contributed by atoms with Gasteiger partial charge in [0.2, 0.25) is 5.78 Å². The van der Waals surface area contributed by atoms with Gasteiger partial charge in [-0.2, -0.15) is 0 Å². The van der Waals surface area contributed by atoms with Crippen LogP contribution in [0.2, 0.25) is 0 Å². The van der Waals surface area contributed by atoms with Gasteiger partial charge in [0, 0.05) is 16.1 Å². The molecule has 0 saturated carbocycles. The van der Waals surface area contributed by atoms with E-state index in [0.29, 0.717) is 17.1 Å². The third-order valence-electron chi connectivity index (χ3n) is 3.85. The van der Waals surface area contributed by atoms with Crippen LogP contribution in [-0.2, 0) is 0 Å². The predicted molar refractivity (Wildman–Crippen MR) is 96.0 cm³/mol. The van der Waals surface area contributed by atoms with Crippen LogP contribution in [0.3, 0.4) is 0 Å². The molecule has 0 spiro atoms. The number of fused-ring (bicyclic) bond motifs is 1. The standard InChI is InChI=1S/C20H13BrO3/c1-12-2-8-18-16(10-12)20(22)19(24-18)11-15-7-9-17(23-15)13-3-5-14(21)6-4-13/h2-11H,1H3/b19-11-. The van der Waals surface area contributed by atoms with Gasteiger partial charge >= 0.3 is 0 Å². The molecule has 2 heterocycles. The Balaban J connectivity index is 1.63. The zero-order chi connectivity index (χ0) is 16.7. The largest absolute Gasteiger partial charge is 0.457 e. The van der Waals surface area contributed by atoms with Crippen molar-refractivity contribution >= 4 is 27.8 Å². The molecule has 4 rings (SSSR count). The lowest BCUT2D eigenvalue weighted by molar-refractivity contribution is 0.101. The second-order valence-electron chi connectivity index (χ2n) is 5.65. The average Bonchev–Trinajstić information content (AvgIpc) is 3.15. The minimum atomic E-state index is -0.115. The van der Waals surface area contributed by atoms with Crippen molar-refractivity contribution in [2.75, 3.05) is 0 Å². The maximum atomic E-state index is 12.4. The zero-order valence-corrected chi connectivity index (χ0v) is 14.5. The Morgan fingerprint density at radius 3 is 2.58 bits per heavy atom. The monoisotopic (exact) mass is 380 g/mol. The lowest BCUT2D eigenvalue weighted by Crippen LogP contribution is -1.97. The quantitative estimate of drug-likeness (QED) is 0.540. The highest BCUT2D eigenvalue weighted by molar-refractivity contribution is 9.10. The number of rotatable bonds is 2. The number of hydrogen-bond acceptors (Lipinski definition) is 3. The van der Waals surface area contributed by atoms with Gasteiger partial charge in [-0.05, 0) is 43.3 Å². The van der Waals surface area contributed by atoms with Gasteiger partial charge in [-0.1, -0.05) is 39.7 Å². The molecule has 0 amide bonds. The summed E-state index contributed by atoms with van der Waals surface area (Å²) in [5.41, 5.74) is 2.60. The first-order valence-corrected chi connectivity index (χ1v) is 8.30. The number of Topliss-reactive ketones (excluding diaryl/α,β-unsaturated/α-hetero) is 1. The summed E-state index contributed by atoms with van der Waals surface area (Å²) in [6.07, 6.45) is 1.64. The number of allylic oxidation sites excluding steroid dienone is 1. The van der Waals surface area contributed by atoms with E-state index in [2.05, 4.69) is 15.9 Å². The molecular weight excluding hydrogens is 368 g/mol. The van der Waals surface area contributed by atoms with E-state index in [1.54, 1.807) is 6.08 Å². The summed E-state index contributed by atoms with van der Waals surface area (Å²) in [7, 11) is 0. The number of halogens is 1. The Morgan fingerprint density at radius 1 is 1.00 bits per heavy atom. The number of ketones is 1. The second kappa shape index (κ2) is 5.80. The molecule has 0 N–H and O–H groups in total. The molecular formula is C20H13BrO3. The van der Waals surface area contributed by atoms with Crippen LogP contribution in [0.1, 0.15) is 21.7 Å². The van der Waals surface area contributed by atoms with E-state index in [1.807, 2.05) is 61.5 Å². The summed E-state index contributed by atoms with van der Waals surface area (Å²) in [6.45, 7) is 1.95. The molecule has 3 aromatic rings. The van der Waals surface area contributed by atoms with Gasteiger partial charge in [0.1, 0.15) is 17.3 Å². The van der Waals surface area contributed by atoms with Crippen LogP contribution in [0, 0.1) is 6.92 Å². The lowest BCUT2D eigenvalue weighted by atomic mass is 10.1. The second-order valence-corrected chi connectivity index (χ2v) is 6.56. The third kappa shape index (κ3) is 2.69. The minimum absolute atomic E-state index is 0.115. The van der Waals surface area contributed by atoms with E-state index in [1.165, 1.54) is 0 Å². The molecule has 1 aromatic heterocycles. The van der Waals surface area contributed by atoms with Gasteiger partial charge < -0.3 is 9.15 Å². The predicted octanol–water partition coefficient (Wildman–Crippen LogP) is 5.63. The molecule has 3 nitrogen and oxygen atoms in total. The van der Waals surface area contributed by atoms with E-state index in [0.717, 1.165) is 21.4 Å². The molecule has 118 valence electrons. The van der Waals surface area contributed by atoms with Crippen LogP contribution < -0.4 is 4.74 Å². The molecule has 24 heavy (non-hydrogen) atoms. The molecule has 1 aliphatic rings. The van der Waals surface area contributed by atoms with E-state index in [4.69, 9.17) is 9.15 Å². The summed E-state index contributed by atoms with van der Waals surface area (Å²) in [5.74, 6) is 2.09. The van der Waals surface area contributed by atoms with Crippen molar-refractivity contribution in [3.8, 4) is 17.1 Å². The summed E-state index contributed by atoms with van der Waals surface area (Å²) in [4.78, 5) is 12.4. The van der Waals surface area contributed by atoms with Gasteiger partial charge in [-0.15, -0.1) is 0 Å².